The van der Waals surface area contributed by atoms with Crippen LogP contribution in [0.2, 0.25) is 0 Å². The molecular formula is C28H32N6O5. The molecule has 39 heavy (non-hydrogen) atoms. The van der Waals surface area contributed by atoms with Crippen molar-refractivity contribution in [2.24, 2.45) is 0 Å². The zero-order valence-electron chi connectivity index (χ0n) is 21.3. The van der Waals surface area contributed by atoms with Gasteiger partial charge in [-0.05, 0) is 17.5 Å². The average Bonchev–Trinajstić information content (AvgIpc) is 3.67. The van der Waals surface area contributed by atoms with Crippen LogP contribution >= 0.6 is 0 Å². The van der Waals surface area contributed by atoms with Crippen molar-refractivity contribution < 1.29 is 25.2 Å². The third-order valence-corrected chi connectivity index (χ3v) is 7.52. The van der Waals surface area contributed by atoms with E-state index in [-0.39, 0.29) is 5.92 Å². The number of nitrogens with one attached hydrogen (secondary N) is 1. The van der Waals surface area contributed by atoms with E-state index in [0.29, 0.717) is 49.0 Å². The summed E-state index contributed by atoms with van der Waals surface area (Å²) in [6, 6.07) is 20.5. The number of aromatic nitrogens is 4. The summed E-state index contributed by atoms with van der Waals surface area (Å²) in [6.07, 6.45) is -2.78. The van der Waals surface area contributed by atoms with E-state index >= 15 is 0 Å². The van der Waals surface area contributed by atoms with Gasteiger partial charge in [-0.25, -0.2) is 4.98 Å². The van der Waals surface area contributed by atoms with Crippen molar-refractivity contribution in [1.29, 1.82) is 0 Å². The highest BCUT2D eigenvalue weighted by molar-refractivity contribution is 5.84. The van der Waals surface area contributed by atoms with Crippen LogP contribution in [0, 0.1) is 0 Å². The highest BCUT2D eigenvalue weighted by atomic mass is 16.6. The van der Waals surface area contributed by atoms with Crippen LogP contribution in [0.1, 0.15) is 29.7 Å². The number of benzene rings is 2. The predicted octanol–water partition coefficient (Wildman–Crippen LogP) is 1.25. The van der Waals surface area contributed by atoms with Crippen LogP contribution in [0.5, 0.6) is 0 Å². The summed E-state index contributed by atoms with van der Waals surface area (Å²) < 4.78 is 7.33. The van der Waals surface area contributed by atoms with Gasteiger partial charge >= 0.3 is 0 Å². The van der Waals surface area contributed by atoms with Crippen molar-refractivity contribution in [3.63, 3.8) is 0 Å². The minimum Gasteiger partial charge on any atom is -0.394 e. The molecule has 2 aliphatic heterocycles. The van der Waals surface area contributed by atoms with Crippen molar-refractivity contribution in [3.05, 3.63) is 78.1 Å². The van der Waals surface area contributed by atoms with Gasteiger partial charge in [-0.3, -0.25) is 4.57 Å². The van der Waals surface area contributed by atoms with Gasteiger partial charge in [-0.15, -0.1) is 0 Å². The largest absolute Gasteiger partial charge is 0.394 e. The molecule has 5 atom stereocenters. The smallest absolute Gasteiger partial charge is 0.229 e. The maximum absolute atomic E-state index is 10.7. The first-order chi connectivity index (χ1) is 19.0. The summed E-state index contributed by atoms with van der Waals surface area (Å²) in [5.41, 5.74) is 3.20. The second-order valence-corrected chi connectivity index (χ2v) is 10.1. The SMILES string of the molecule is OC[C@H]1O[C@@H](n2cnc3c(NCC(c4ccccc4)c4ccccc4)nc(N4CC[C@@H](O)C4)nc32)[C@H](O)[C@@H]1O. The fourth-order valence-corrected chi connectivity index (χ4v) is 5.39. The quantitative estimate of drug-likeness (QED) is 0.224. The first kappa shape index (κ1) is 25.7. The number of rotatable bonds is 8. The molecule has 204 valence electrons. The summed E-state index contributed by atoms with van der Waals surface area (Å²) in [5, 5.41) is 44.2. The number of aliphatic hydroxyl groups excluding tert-OH is 4. The minimum atomic E-state index is -1.27. The lowest BCUT2D eigenvalue weighted by Crippen LogP contribution is -2.33. The molecule has 11 nitrogen and oxygen atoms in total. The van der Waals surface area contributed by atoms with Gasteiger partial charge in [0.05, 0.1) is 19.0 Å². The number of aliphatic hydroxyl groups is 4. The van der Waals surface area contributed by atoms with Crippen LogP contribution in [0.15, 0.2) is 67.0 Å². The van der Waals surface area contributed by atoms with Gasteiger partial charge in [0, 0.05) is 25.6 Å². The van der Waals surface area contributed by atoms with Gasteiger partial charge < -0.3 is 35.4 Å². The van der Waals surface area contributed by atoms with E-state index in [1.54, 1.807) is 4.57 Å². The molecule has 11 heteroatoms. The van der Waals surface area contributed by atoms with E-state index in [9.17, 15) is 20.4 Å². The van der Waals surface area contributed by atoms with Crippen molar-refractivity contribution in [1.82, 2.24) is 19.5 Å². The van der Waals surface area contributed by atoms with Gasteiger partial charge in [-0.2, -0.15) is 9.97 Å². The van der Waals surface area contributed by atoms with E-state index < -0.39 is 37.3 Å². The monoisotopic (exact) mass is 532 g/mol. The number of ether oxygens (including phenoxy) is 1. The fraction of sp³-hybridized carbons (Fsp3) is 0.393. The summed E-state index contributed by atoms with van der Waals surface area (Å²) >= 11 is 0. The number of β-amino-alcohol motifs (C(OH)–C–C–N with tert-alkyl or cyclic N) is 1. The van der Waals surface area contributed by atoms with Gasteiger partial charge in [0.15, 0.2) is 23.2 Å². The summed E-state index contributed by atoms with van der Waals surface area (Å²) in [4.78, 5) is 16.0. The second-order valence-electron chi connectivity index (χ2n) is 10.1. The molecule has 0 spiro atoms. The first-order valence-corrected chi connectivity index (χ1v) is 13.2. The number of nitrogens with zero attached hydrogens (tertiary/aromatic N) is 5. The standard InChI is InChI=1S/C28H32N6O5/c35-15-21-23(37)24(38)27(39-21)34-16-30-22-25(31-28(32-26(22)34)33-12-11-19(36)14-33)29-13-20(17-7-3-1-4-8-17)18-9-5-2-6-10-18/h1-10,16,19-21,23-24,27,35-38H,11-15H2,(H,29,31,32)/t19-,21-,23-,24-,27-/m1/s1. The van der Waals surface area contributed by atoms with Crippen LogP contribution in [0.3, 0.4) is 0 Å². The van der Waals surface area contributed by atoms with Crippen LogP contribution in [0.4, 0.5) is 11.8 Å². The lowest BCUT2D eigenvalue weighted by atomic mass is 9.91. The highest BCUT2D eigenvalue weighted by Gasteiger charge is 2.44. The van der Waals surface area contributed by atoms with Crippen LogP contribution in [0.25, 0.3) is 11.2 Å². The lowest BCUT2D eigenvalue weighted by Gasteiger charge is -2.21. The van der Waals surface area contributed by atoms with E-state index in [1.807, 2.05) is 41.3 Å². The molecule has 0 bridgehead atoms. The molecule has 4 aromatic rings. The molecular weight excluding hydrogens is 500 g/mol. The van der Waals surface area contributed by atoms with Gasteiger partial charge in [0.25, 0.3) is 0 Å². The molecule has 4 heterocycles. The molecule has 2 fully saturated rings. The van der Waals surface area contributed by atoms with E-state index in [1.165, 1.54) is 6.33 Å². The molecule has 0 radical (unpaired) electrons. The number of imidazole rings is 1. The third kappa shape index (κ3) is 4.95. The zero-order chi connectivity index (χ0) is 26.9. The Labute approximate surface area is 225 Å². The van der Waals surface area contributed by atoms with Crippen molar-refractivity contribution in [3.8, 4) is 0 Å². The topological polar surface area (TPSA) is 149 Å². The van der Waals surface area contributed by atoms with E-state index in [4.69, 9.17) is 14.7 Å². The maximum Gasteiger partial charge on any atom is 0.229 e. The van der Waals surface area contributed by atoms with Gasteiger partial charge in [0.2, 0.25) is 5.95 Å². The fourth-order valence-electron chi connectivity index (χ4n) is 5.39. The lowest BCUT2D eigenvalue weighted by molar-refractivity contribution is -0.0511. The Kier molecular flexibility index (Phi) is 7.15. The van der Waals surface area contributed by atoms with Crippen molar-refractivity contribution in [2.75, 3.05) is 36.5 Å². The number of hydrogen-bond acceptors (Lipinski definition) is 10. The summed E-state index contributed by atoms with van der Waals surface area (Å²) in [7, 11) is 0. The molecule has 0 saturated carbocycles. The number of hydrogen-bond donors (Lipinski definition) is 5. The third-order valence-electron chi connectivity index (χ3n) is 7.52. The predicted molar refractivity (Wildman–Crippen MR) is 144 cm³/mol. The Balaban J connectivity index is 1.38. The van der Waals surface area contributed by atoms with Crippen LogP contribution < -0.4 is 10.2 Å². The second kappa shape index (κ2) is 10.9. The first-order valence-electron chi connectivity index (χ1n) is 13.2. The van der Waals surface area contributed by atoms with E-state index in [2.05, 4.69) is 34.6 Å². The number of anilines is 2. The van der Waals surface area contributed by atoms with Gasteiger partial charge in [-0.1, -0.05) is 60.7 Å². The molecule has 0 amide bonds. The van der Waals surface area contributed by atoms with Crippen molar-refractivity contribution >= 4 is 22.9 Å². The Bertz CT molecular complexity index is 1360. The van der Waals surface area contributed by atoms with Crippen LogP contribution in [-0.2, 0) is 4.74 Å². The molecule has 2 aliphatic rings. The Morgan fingerprint density at radius 2 is 1.64 bits per heavy atom. The van der Waals surface area contributed by atoms with Gasteiger partial charge in [0.1, 0.15) is 18.3 Å². The molecule has 2 aromatic carbocycles. The van der Waals surface area contributed by atoms with E-state index in [0.717, 1.165) is 11.1 Å². The van der Waals surface area contributed by atoms with Crippen LogP contribution in [-0.4, -0.2) is 90.6 Å². The average molecular weight is 533 g/mol. The Morgan fingerprint density at radius 1 is 0.949 bits per heavy atom. The Hall–Kier alpha value is -3.61. The molecule has 0 aliphatic carbocycles. The summed E-state index contributed by atoms with van der Waals surface area (Å²) in [5.74, 6) is 0.974. The summed E-state index contributed by atoms with van der Waals surface area (Å²) in [6.45, 7) is 1.11. The maximum atomic E-state index is 10.7. The number of fused-ring (bicyclic) bond motifs is 1. The highest BCUT2D eigenvalue weighted by Crippen LogP contribution is 2.34. The molecule has 0 unspecified atom stereocenters. The minimum absolute atomic E-state index is 0.0389. The van der Waals surface area contributed by atoms with Crippen molar-refractivity contribution in [2.45, 2.75) is 43.0 Å². The molecule has 2 saturated heterocycles. The molecule has 2 aromatic heterocycles. The Morgan fingerprint density at radius 3 is 2.23 bits per heavy atom. The molecule has 5 N–H and O–H groups in total. The normalized spacial score (nSPS) is 25.2. The molecule has 6 rings (SSSR count). The zero-order valence-corrected chi connectivity index (χ0v) is 21.3.